The molecule has 0 aliphatic heterocycles. The number of hydrogen-bond donors (Lipinski definition) is 1. The van der Waals surface area contributed by atoms with Gasteiger partial charge in [0.15, 0.2) is 0 Å². The molecule has 0 saturated carbocycles. The quantitative estimate of drug-likeness (QED) is 0.769. The topological polar surface area (TPSA) is 32.7 Å². The minimum absolute atomic E-state index is 0.0644. The predicted octanol–water partition coefficient (Wildman–Crippen LogP) is 3.47. The van der Waals surface area contributed by atoms with E-state index >= 15 is 0 Å². The van der Waals surface area contributed by atoms with Crippen LogP contribution in [-0.4, -0.2) is 35.9 Å². The molecule has 23 heavy (non-hydrogen) atoms. The second-order valence-corrected chi connectivity index (χ2v) is 5.90. The molecule has 3 heteroatoms. The van der Waals surface area contributed by atoms with Crippen molar-refractivity contribution in [2.75, 3.05) is 13.7 Å². The van der Waals surface area contributed by atoms with Crippen molar-refractivity contribution in [3.8, 4) is 0 Å². The summed E-state index contributed by atoms with van der Waals surface area (Å²) in [6.07, 6.45) is 0.767. The van der Waals surface area contributed by atoms with Gasteiger partial charge in [0, 0.05) is 32.8 Å². The highest BCUT2D eigenvalue weighted by Gasteiger charge is 2.24. The van der Waals surface area contributed by atoms with E-state index in [0.717, 1.165) is 13.1 Å². The molecule has 0 bridgehead atoms. The third kappa shape index (κ3) is 5.47. The lowest BCUT2D eigenvalue weighted by Gasteiger charge is -2.35. The van der Waals surface area contributed by atoms with E-state index in [1.165, 1.54) is 11.1 Å². The lowest BCUT2D eigenvalue weighted by atomic mass is 10.0. The summed E-state index contributed by atoms with van der Waals surface area (Å²) in [5, 5.41) is 9.48. The summed E-state index contributed by atoms with van der Waals surface area (Å²) in [6, 6.07) is 21.1. The number of aliphatic hydroxyl groups is 1. The van der Waals surface area contributed by atoms with Crippen LogP contribution >= 0.6 is 0 Å². The Labute approximate surface area is 139 Å². The van der Waals surface area contributed by atoms with Crippen molar-refractivity contribution in [2.24, 2.45) is 0 Å². The van der Waals surface area contributed by atoms with Crippen LogP contribution in [0.25, 0.3) is 0 Å². The summed E-state index contributed by atoms with van der Waals surface area (Å²) < 4.78 is 5.57. The monoisotopic (exact) mass is 313 g/mol. The normalized spacial score (nSPS) is 13.9. The van der Waals surface area contributed by atoms with E-state index in [9.17, 15) is 5.11 Å². The Morgan fingerprint density at radius 2 is 1.39 bits per heavy atom. The first-order chi connectivity index (χ1) is 11.2. The maximum Gasteiger partial charge on any atom is 0.0699 e. The first-order valence-corrected chi connectivity index (χ1v) is 8.20. The van der Waals surface area contributed by atoms with Gasteiger partial charge in [-0.15, -0.1) is 0 Å². The molecular weight excluding hydrogens is 286 g/mol. The molecule has 0 aromatic heterocycles. The highest BCUT2D eigenvalue weighted by molar-refractivity contribution is 5.17. The smallest absolute Gasteiger partial charge is 0.0699 e. The third-order valence-electron chi connectivity index (χ3n) is 4.26. The number of rotatable bonds is 9. The van der Waals surface area contributed by atoms with Gasteiger partial charge in [0.25, 0.3) is 0 Å². The second kappa shape index (κ2) is 9.46. The summed E-state index contributed by atoms with van der Waals surface area (Å²) in [5.41, 5.74) is 2.55. The Morgan fingerprint density at radius 3 is 1.78 bits per heavy atom. The zero-order valence-electron chi connectivity index (χ0n) is 14.1. The van der Waals surface area contributed by atoms with Gasteiger partial charge in [0.1, 0.15) is 0 Å². The molecule has 0 aliphatic carbocycles. The fraction of sp³-hybridized carbons (Fsp3) is 0.400. The van der Waals surface area contributed by atoms with Gasteiger partial charge in [-0.2, -0.15) is 0 Å². The Hall–Kier alpha value is -1.68. The Bertz CT molecular complexity index is 503. The van der Waals surface area contributed by atoms with Gasteiger partial charge in [0.2, 0.25) is 0 Å². The molecule has 124 valence electrons. The summed E-state index contributed by atoms with van der Waals surface area (Å²) in [7, 11) is 1.73. The number of ether oxygens (including phenoxy) is 1. The predicted molar refractivity (Wildman–Crippen MR) is 94.1 cm³/mol. The van der Waals surface area contributed by atoms with Gasteiger partial charge in [-0.1, -0.05) is 60.7 Å². The number of hydrogen-bond acceptors (Lipinski definition) is 3. The molecule has 2 rings (SSSR count). The standard InChI is InChI=1S/C20H27NO2/c1-17(23-2)20(13-14-22)21(15-18-9-5-3-6-10-18)16-19-11-7-4-8-12-19/h3-12,17,20,22H,13-16H2,1-2H3/t17-,20+/m0/s1. The van der Waals surface area contributed by atoms with E-state index in [0.29, 0.717) is 6.42 Å². The molecule has 1 N–H and O–H groups in total. The summed E-state index contributed by atoms with van der Waals surface area (Å²) >= 11 is 0. The number of aliphatic hydroxyl groups excluding tert-OH is 1. The van der Waals surface area contributed by atoms with Crippen LogP contribution in [0.3, 0.4) is 0 Å². The molecule has 0 radical (unpaired) electrons. The van der Waals surface area contributed by atoms with Gasteiger partial charge >= 0.3 is 0 Å². The molecule has 2 atom stereocenters. The molecule has 0 amide bonds. The van der Waals surface area contributed by atoms with Crippen molar-refractivity contribution in [3.05, 3.63) is 71.8 Å². The number of benzene rings is 2. The Balaban J connectivity index is 2.21. The van der Waals surface area contributed by atoms with Gasteiger partial charge in [-0.3, -0.25) is 4.90 Å². The zero-order chi connectivity index (χ0) is 16.5. The van der Waals surface area contributed by atoms with Gasteiger partial charge in [-0.25, -0.2) is 0 Å². The molecule has 0 unspecified atom stereocenters. The van der Waals surface area contributed by atoms with Gasteiger partial charge in [-0.05, 0) is 24.5 Å². The average molecular weight is 313 g/mol. The molecule has 0 saturated heterocycles. The van der Waals surface area contributed by atoms with Crippen molar-refractivity contribution < 1.29 is 9.84 Å². The molecule has 0 aliphatic rings. The summed E-state index contributed by atoms with van der Waals surface area (Å²) in [4.78, 5) is 2.40. The van der Waals surface area contributed by atoms with Crippen molar-refractivity contribution in [3.63, 3.8) is 0 Å². The average Bonchev–Trinajstić information content (AvgIpc) is 2.60. The zero-order valence-corrected chi connectivity index (χ0v) is 14.1. The highest BCUT2D eigenvalue weighted by atomic mass is 16.5. The van der Waals surface area contributed by atoms with Crippen LogP contribution in [0.4, 0.5) is 0 Å². The minimum atomic E-state index is 0.0644. The molecule has 2 aromatic rings. The van der Waals surface area contributed by atoms with Crippen LogP contribution in [0.2, 0.25) is 0 Å². The molecule has 0 spiro atoms. The lowest BCUT2D eigenvalue weighted by molar-refractivity contribution is 0.00669. The van der Waals surface area contributed by atoms with Crippen LogP contribution in [0.15, 0.2) is 60.7 Å². The highest BCUT2D eigenvalue weighted by Crippen LogP contribution is 2.19. The molecular formula is C20H27NO2. The van der Waals surface area contributed by atoms with Gasteiger partial charge in [0.05, 0.1) is 6.10 Å². The van der Waals surface area contributed by atoms with E-state index in [-0.39, 0.29) is 18.8 Å². The summed E-state index contributed by atoms with van der Waals surface area (Å²) in [6.45, 7) is 3.92. The number of nitrogens with zero attached hydrogens (tertiary/aromatic N) is 1. The largest absolute Gasteiger partial charge is 0.396 e. The molecule has 2 aromatic carbocycles. The van der Waals surface area contributed by atoms with E-state index in [1.54, 1.807) is 7.11 Å². The SMILES string of the molecule is CO[C@@H](C)[C@@H](CCO)N(Cc1ccccc1)Cc1ccccc1. The molecule has 3 nitrogen and oxygen atoms in total. The Kier molecular flexibility index (Phi) is 7.27. The van der Waals surface area contributed by atoms with Crippen LogP contribution in [0, 0.1) is 0 Å². The summed E-state index contributed by atoms with van der Waals surface area (Å²) in [5.74, 6) is 0. The van der Waals surface area contributed by atoms with Crippen molar-refractivity contribution >= 4 is 0 Å². The maximum absolute atomic E-state index is 9.48. The first-order valence-electron chi connectivity index (χ1n) is 8.20. The number of methoxy groups -OCH3 is 1. The van der Waals surface area contributed by atoms with E-state index in [1.807, 2.05) is 12.1 Å². The fourth-order valence-corrected chi connectivity index (χ4v) is 2.93. The van der Waals surface area contributed by atoms with E-state index < -0.39 is 0 Å². The minimum Gasteiger partial charge on any atom is -0.396 e. The van der Waals surface area contributed by atoms with E-state index in [2.05, 4.69) is 60.4 Å². The van der Waals surface area contributed by atoms with Crippen LogP contribution < -0.4 is 0 Å². The third-order valence-corrected chi connectivity index (χ3v) is 4.26. The first kappa shape index (κ1) is 17.7. The van der Waals surface area contributed by atoms with Crippen LogP contribution in [0.5, 0.6) is 0 Å². The van der Waals surface area contributed by atoms with E-state index in [4.69, 9.17) is 4.74 Å². The van der Waals surface area contributed by atoms with Crippen molar-refractivity contribution in [2.45, 2.75) is 38.6 Å². The fourth-order valence-electron chi connectivity index (χ4n) is 2.93. The lowest BCUT2D eigenvalue weighted by Crippen LogP contribution is -2.43. The van der Waals surface area contributed by atoms with Gasteiger partial charge < -0.3 is 9.84 Å². The van der Waals surface area contributed by atoms with Crippen molar-refractivity contribution in [1.82, 2.24) is 4.90 Å². The second-order valence-electron chi connectivity index (χ2n) is 5.90. The van der Waals surface area contributed by atoms with Crippen LogP contribution in [-0.2, 0) is 17.8 Å². The van der Waals surface area contributed by atoms with Crippen molar-refractivity contribution in [1.29, 1.82) is 0 Å². The Morgan fingerprint density at radius 1 is 0.913 bits per heavy atom. The molecule has 0 heterocycles. The molecule has 0 fully saturated rings. The van der Waals surface area contributed by atoms with Crippen LogP contribution in [0.1, 0.15) is 24.5 Å². The maximum atomic E-state index is 9.48.